The third-order valence-corrected chi connectivity index (χ3v) is 5.90. The molecule has 1 aromatic carbocycles. The number of rotatable bonds is 4. The Morgan fingerprint density at radius 1 is 0.905 bits per heavy atom. The first-order valence-corrected chi connectivity index (χ1v) is 8.90. The van der Waals surface area contributed by atoms with Crippen LogP contribution >= 0.6 is 0 Å². The molecular formula is C20H31N. The third-order valence-electron chi connectivity index (χ3n) is 5.90. The lowest BCUT2D eigenvalue weighted by Gasteiger charge is -2.21. The summed E-state index contributed by atoms with van der Waals surface area (Å²) in [5.41, 5.74) is 11.1. The van der Waals surface area contributed by atoms with Crippen LogP contribution in [0.5, 0.6) is 0 Å². The molecule has 0 heterocycles. The summed E-state index contributed by atoms with van der Waals surface area (Å²) in [5.74, 6) is 3.77. The standard InChI is InChI=1S/C20H31N/c1-12(2)14-9-10-17(18(11-14)13(3)4)20(21)19-15-7-5-6-8-16(15)19/h9-13,15-16,19-20H,5-8,21H2,1-4H3. The molecule has 2 saturated carbocycles. The lowest BCUT2D eigenvalue weighted by atomic mass is 9.87. The van der Waals surface area contributed by atoms with E-state index in [2.05, 4.69) is 45.9 Å². The number of nitrogens with two attached hydrogens (primary N) is 1. The number of fused-ring (bicyclic) bond motifs is 1. The highest BCUT2D eigenvalue weighted by atomic mass is 14.7. The topological polar surface area (TPSA) is 26.0 Å². The van der Waals surface area contributed by atoms with Gasteiger partial charge < -0.3 is 5.73 Å². The van der Waals surface area contributed by atoms with Crippen LogP contribution in [0.3, 0.4) is 0 Å². The summed E-state index contributed by atoms with van der Waals surface area (Å²) in [5, 5.41) is 0. The molecule has 2 aliphatic rings. The van der Waals surface area contributed by atoms with Gasteiger partial charge in [0.15, 0.2) is 0 Å². The molecule has 2 fully saturated rings. The van der Waals surface area contributed by atoms with Crippen molar-refractivity contribution in [3.63, 3.8) is 0 Å². The fourth-order valence-corrected chi connectivity index (χ4v) is 4.54. The summed E-state index contributed by atoms with van der Waals surface area (Å²) in [7, 11) is 0. The van der Waals surface area contributed by atoms with E-state index in [4.69, 9.17) is 5.73 Å². The highest BCUT2D eigenvalue weighted by molar-refractivity contribution is 5.38. The zero-order valence-electron chi connectivity index (χ0n) is 14.1. The van der Waals surface area contributed by atoms with Gasteiger partial charge in [-0.25, -0.2) is 0 Å². The molecule has 0 spiro atoms. The minimum atomic E-state index is 0.261. The van der Waals surface area contributed by atoms with Crippen molar-refractivity contribution in [2.24, 2.45) is 23.5 Å². The lowest BCUT2D eigenvalue weighted by molar-refractivity contribution is 0.480. The maximum atomic E-state index is 6.72. The summed E-state index contributed by atoms with van der Waals surface area (Å²) >= 11 is 0. The van der Waals surface area contributed by atoms with Gasteiger partial charge in [0.25, 0.3) is 0 Å². The van der Waals surface area contributed by atoms with Crippen molar-refractivity contribution in [2.75, 3.05) is 0 Å². The molecule has 0 bridgehead atoms. The maximum absolute atomic E-state index is 6.72. The number of hydrogen-bond acceptors (Lipinski definition) is 1. The Morgan fingerprint density at radius 3 is 2.05 bits per heavy atom. The van der Waals surface area contributed by atoms with E-state index in [-0.39, 0.29) is 6.04 Å². The maximum Gasteiger partial charge on any atom is 0.0331 e. The van der Waals surface area contributed by atoms with E-state index in [9.17, 15) is 0 Å². The minimum absolute atomic E-state index is 0.261. The molecule has 0 radical (unpaired) electrons. The molecule has 21 heavy (non-hydrogen) atoms. The Labute approximate surface area is 130 Å². The van der Waals surface area contributed by atoms with Gasteiger partial charge in [-0.05, 0) is 59.1 Å². The Morgan fingerprint density at radius 2 is 1.52 bits per heavy atom. The smallest absolute Gasteiger partial charge is 0.0331 e. The van der Waals surface area contributed by atoms with Crippen LogP contribution in [0.2, 0.25) is 0 Å². The predicted octanol–water partition coefficient (Wildman–Crippen LogP) is 5.37. The lowest BCUT2D eigenvalue weighted by Crippen LogP contribution is -2.17. The van der Waals surface area contributed by atoms with Crippen molar-refractivity contribution >= 4 is 0 Å². The molecule has 2 N–H and O–H groups in total. The molecule has 1 nitrogen and oxygen atoms in total. The third kappa shape index (κ3) is 2.77. The predicted molar refractivity (Wildman–Crippen MR) is 90.5 cm³/mol. The van der Waals surface area contributed by atoms with Crippen LogP contribution in [0, 0.1) is 17.8 Å². The van der Waals surface area contributed by atoms with Crippen LogP contribution in [-0.4, -0.2) is 0 Å². The Hall–Kier alpha value is -0.820. The van der Waals surface area contributed by atoms with Crippen LogP contribution in [0.1, 0.15) is 87.9 Å². The van der Waals surface area contributed by atoms with E-state index in [1.54, 1.807) is 0 Å². The fraction of sp³-hybridized carbons (Fsp3) is 0.700. The molecule has 3 atom stereocenters. The zero-order chi connectivity index (χ0) is 15.1. The summed E-state index contributed by atoms with van der Waals surface area (Å²) in [6.45, 7) is 9.15. The van der Waals surface area contributed by atoms with Gasteiger partial charge >= 0.3 is 0 Å². The first-order chi connectivity index (χ1) is 10.0. The molecule has 0 aromatic heterocycles. The molecule has 0 amide bonds. The minimum Gasteiger partial charge on any atom is -0.324 e. The van der Waals surface area contributed by atoms with Crippen molar-refractivity contribution < 1.29 is 0 Å². The second kappa shape index (κ2) is 5.76. The quantitative estimate of drug-likeness (QED) is 0.790. The first kappa shape index (κ1) is 15.1. The highest BCUT2D eigenvalue weighted by Crippen LogP contribution is 2.60. The molecule has 0 saturated heterocycles. The average molecular weight is 285 g/mol. The van der Waals surface area contributed by atoms with Crippen LogP contribution in [-0.2, 0) is 0 Å². The molecule has 116 valence electrons. The van der Waals surface area contributed by atoms with Gasteiger partial charge in [0.05, 0.1) is 0 Å². The van der Waals surface area contributed by atoms with Crippen molar-refractivity contribution in [1.29, 1.82) is 0 Å². The molecule has 3 unspecified atom stereocenters. The molecule has 1 heteroatoms. The Bertz CT molecular complexity index is 491. The van der Waals surface area contributed by atoms with Crippen molar-refractivity contribution in [3.8, 4) is 0 Å². The van der Waals surface area contributed by atoms with E-state index in [0.29, 0.717) is 11.8 Å². The molecule has 3 rings (SSSR count). The second-order valence-corrected chi connectivity index (χ2v) is 7.91. The summed E-state index contributed by atoms with van der Waals surface area (Å²) < 4.78 is 0. The Kier molecular flexibility index (Phi) is 4.14. The molecular weight excluding hydrogens is 254 g/mol. The van der Waals surface area contributed by atoms with Crippen LogP contribution in [0.4, 0.5) is 0 Å². The first-order valence-electron chi connectivity index (χ1n) is 8.90. The van der Waals surface area contributed by atoms with Gasteiger partial charge in [0.2, 0.25) is 0 Å². The summed E-state index contributed by atoms with van der Waals surface area (Å²) in [6, 6.07) is 7.31. The largest absolute Gasteiger partial charge is 0.324 e. The van der Waals surface area contributed by atoms with E-state index in [1.165, 1.54) is 42.4 Å². The van der Waals surface area contributed by atoms with E-state index in [1.807, 2.05) is 0 Å². The number of benzene rings is 1. The SMILES string of the molecule is CC(C)c1ccc(C(N)C2C3CCCCC32)c(C(C)C)c1. The Balaban J connectivity index is 1.87. The van der Waals surface area contributed by atoms with Crippen molar-refractivity contribution in [2.45, 2.75) is 71.3 Å². The van der Waals surface area contributed by atoms with Gasteiger partial charge in [0.1, 0.15) is 0 Å². The van der Waals surface area contributed by atoms with E-state index >= 15 is 0 Å². The van der Waals surface area contributed by atoms with Crippen molar-refractivity contribution in [1.82, 2.24) is 0 Å². The normalized spacial score (nSPS) is 29.6. The monoisotopic (exact) mass is 285 g/mol. The van der Waals surface area contributed by atoms with Gasteiger partial charge in [-0.1, -0.05) is 58.7 Å². The van der Waals surface area contributed by atoms with E-state index in [0.717, 1.165) is 17.8 Å². The number of hydrogen-bond donors (Lipinski definition) is 1. The van der Waals surface area contributed by atoms with Gasteiger partial charge in [-0.15, -0.1) is 0 Å². The second-order valence-electron chi connectivity index (χ2n) is 7.91. The average Bonchev–Trinajstić information content (AvgIpc) is 3.20. The molecule has 2 aliphatic carbocycles. The molecule has 1 aromatic rings. The fourth-order valence-electron chi connectivity index (χ4n) is 4.54. The van der Waals surface area contributed by atoms with Crippen molar-refractivity contribution in [3.05, 3.63) is 34.9 Å². The zero-order valence-corrected chi connectivity index (χ0v) is 14.1. The highest BCUT2D eigenvalue weighted by Gasteiger charge is 2.53. The van der Waals surface area contributed by atoms with Crippen LogP contribution < -0.4 is 5.73 Å². The summed E-state index contributed by atoms with van der Waals surface area (Å²) in [4.78, 5) is 0. The van der Waals surface area contributed by atoms with Crippen LogP contribution in [0.15, 0.2) is 18.2 Å². The van der Waals surface area contributed by atoms with Gasteiger partial charge in [-0.3, -0.25) is 0 Å². The van der Waals surface area contributed by atoms with Gasteiger partial charge in [0, 0.05) is 6.04 Å². The van der Waals surface area contributed by atoms with Gasteiger partial charge in [-0.2, -0.15) is 0 Å². The van der Waals surface area contributed by atoms with Crippen LogP contribution in [0.25, 0.3) is 0 Å². The van der Waals surface area contributed by atoms with E-state index < -0.39 is 0 Å². The summed E-state index contributed by atoms with van der Waals surface area (Å²) in [6.07, 6.45) is 5.69. The molecule has 0 aliphatic heterocycles.